The second-order valence-corrected chi connectivity index (χ2v) is 5.21. The molecule has 0 aliphatic heterocycles. The zero-order valence-corrected chi connectivity index (χ0v) is 11.0. The van der Waals surface area contributed by atoms with Gasteiger partial charge in [0.25, 0.3) is 5.89 Å². The molecule has 2 rings (SSSR count). The summed E-state index contributed by atoms with van der Waals surface area (Å²) in [6, 6.07) is 0. The summed E-state index contributed by atoms with van der Waals surface area (Å²) >= 11 is 0. The van der Waals surface area contributed by atoms with Crippen LogP contribution in [0.3, 0.4) is 0 Å². The van der Waals surface area contributed by atoms with E-state index in [0.717, 1.165) is 24.6 Å². The number of hydrogen-bond donors (Lipinski definition) is 2. The number of rotatable bonds is 5. The lowest BCUT2D eigenvalue weighted by Crippen LogP contribution is -2.14. The zero-order chi connectivity index (χ0) is 13.0. The molecule has 1 atom stereocenters. The molecule has 1 saturated carbocycles. The second kappa shape index (κ2) is 6.29. The van der Waals surface area contributed by atoms with Gasteiger partial charge in [0, 0.05) is 5.92 Å². The fraction of sp³-hybridized carbons (Fsp3) is 0.846. The van der Waals surface area contributed by atoms with Crippen LogP contribution >= 0.6 is 0 Å². The van der Waals surface area contributed by atoms with Crippen LogP contribution in [0.5, 0.6) is 0 Å². The van der Waals surface area contributed by atoms with Gasteiger partial charge >= 0.3 is 0 Å². The Hall–Kier alpha value is -0.940. The molecule has 0 aromatic carbocycles. The van der Waals surface area contributed by atoms with Crippen LogP contribution in [0.2, 0.25) is 0 Å². The molecule has 0 radical (unpaired) electrons. The van der Waals surface area contributed by atoms with Gasteiger partial charge in [0.1, 0.15) is 6.10 Å². The molecule has 0 amide bonds. The van der Waals surface area contributed by atoms with E-state index < -0.39 is 6.10 Å². The third-order valence-corrected chi connectivity index (χ3v) is 3.97. The van der Waals surface area contributed by atoms with Crippen LogP contribution in [0.4, 0.5) is 0 Å². The highest BCUT2D eigenvalue weighted by atomic mass is 16.5. The maximum atomic E-state index is 9.74. The maximum Gasteiger partial charge on any atom is 0.255 e. The Kier molecular flexibility index (Phi) is 4.72. The average Bonchev–Trinajstić information content (AvgIpc) is 2.89. The lowest BCUT2D eigenvalue weighted by molar-refractivity contribution is 0.127. The van der Waals surface area contributed by atoms with E-state index in [0.29, 0.717) is 24.8 Å². The van der Waals surface area contributed by atoms with E-state index in [2.05, 4.69) is 17.1 Å². The standard InChI is InChI=1S/C13H23N3O2/c1-2-9-3-5-10(6-4-9)12-15-13(18-16-12)11(17)7-8-14/h9-11,17H,2-8,14H2,1H3. The van der Waals surface area contributed by atoms with Gasteiger partial charge in [-0.15, -0.1) is 0 Å². The quantitative estimate of drug-likeness (QED) is 0.839. The van der Waals surface area contributed by atoms with Crippen LogP contribution < -0.4 is 5.73 Å². The lowest BCUT2D eigenvalue weighted by atomic mass is 9.80. The Bertz CT molecular complexity index is 359. The van der Waals surface area contributed by atoms with Gasteiger partial charge in [-0.25, -0.2) is 0 Å². The fourth-order valence-corrected chi connectivity index (χ4v) is 2.66. The van der Waals surface area contributed by atoms with Crippen LogP contribution in [-0.4, -0.2) is 21.8 Å². The van der Waals surface area contributed by atoms with Gasteiger partial charge in [-0.3, -0.25) is 0 Å². The van der Waals surface area contributed by atoms with Crippen molar-refractivity contribution in [2.75, 3.05) is 6.54 Å². The molecule has 18 heavy (non-hydrogen) atoms. The molecule has 1 aliphatic carbocycles. The molecule has 1 aromatic heterocycles. The molecule has 3 N–H and O–H groups in total. The number of nitrogens with zero attached hydrogens (tertiary/aromatic N) is 2. The monoisotopic (exact) mass is 253 g/mol. The molecule has 5 heteroatoms. The molecular formula is C13H23N3O2. The Morgan fingerprint density at radius 1 is 1.39 bits per heavy atom. The van der Waals surface area contributed by atoms with E-state index in [4.69, 9.17) is 10.3 Å². The molecule has 1 heterocycles. The Morgan fingerprint density at radius 3 is 2.72 bits per heavy atom. The summed E-state index contributed by atoms with van der Waals surface area (Å²) in [5.41, 5.74) is 5.40. The highest BCUT2D eigenvalue weighted by Gasteiger charge is 2.26. The number of nitrogens with two attached hydrogens (primary N) is 1. The Morgan fingerprint density at radius 2 is 2.11 bits per heavy atom. The first-order valence-electron chi connectivity index (χ1n) is 6.96. The first-order chi connectivity index (χ1) is 8.74. The van der Waals surface area contributed by atoms with E-state index in [1.165, 1.54) is 19.3 Å². The molecular weight excluding hydrogens is 230 g/mol. The summed E-state index contributed by atoms with van der Waals surface area (Å²) in [4.78, 5) is 4.32. The van der Waals surface area contributed by atoms with Gasteiger partial charge in [-0.05, 0) is 44.6 Å². The summed E-state index contributed by atoms with van der Waals surface area (Å²) < 4.78 is 5.12. The van der Waals surface area contributed by atoms with Crippen molar-refractivity contribution >= 4 is 0 Å². The summed E-state index contributed by atoms with van der Waals surface area (Å²) in [5, 5.41) is 13.7. The number of hydrogen-bond acceptors (Lipinski definition) is 5. The van der Waals surface area contributed by atoms with E-state index in [9.17, 15) is 5.11 Å². The largest absolute Gasteiger partial charge is 0.383 e. The molecule has 1 unspecified atom stereocenters. The third-order valence-electron chi connectivity index (χ3n) is 3.97. The molecule has 1 aliphatic rings. The first kappa shape index (κ1) is 13.5. The van der Waals surface area contributed by atoms with Crippen molar-refractivity contribution in [3.8, 4) is 0 Å². The normalized spacial score (nSPS) is 26.2. The van der Waals surface area contributed by atoms with Crippen molar-refractivity contribution < 1.29 is 9.63 Å². The molecule has 1 aromatic rings. The van der Waals surface area contributed by atoms with Gasteiger partial charge in [-0.2, -0.15) is 4.98 Å². The van der Waals surface area contributed by atoms with Crippen molar-refractivity contribution in [1.82, 2.24) is 10.1 Å². The fourth-order valence-electron chi connectivity index (χ4n) is 2.66. The maximum absolute atomic E-state index is 9.74. The molecule has 102 valence electrons. The van der Waals surface area contributed by atoms with Gasteiger partial charge < -0.3 is 15.4 Å². The van der Waals surface area contributed by atoms with Gasteiger partial charge in [0.15, 0.2) is 5.82 Å². The Balaban J connectivity index is 1.94. The smallest absolute Gasteiger partial charge is 0.255 e. The van der Waals surface area contributed by atoms with E-state index in [1.807, 2.05) is 0 Å². The summed E-state index contributed by atoms with van der Waals surface area (Å²) in [6.07, 6.45) is 5.76. The van der Waals surface area contributed by atoms with Gasteiger partial charge in [0.05, 0.1) is 0 Å². The predicted octanol–water partition coefficient (Wildman–Crippen LogP) is 2.14. The molecule has 1 fully saturated rings. The SMILES string of the molecule is CCC1CCC(c2noc(C(O)CCN)n2)CC1. The minimum absolute atomic E-state index is 0.313. The Labute approximate surface area is 108 Å². The van der Waals surface area contributed by atoms with Crippen molar-refractivity contribution in [3.63, 3.8) is 0 Å². The lowest BCUT2D eigenvalue weighted by Gasteiger charge is -2.25. The van der Waals surface area contributed by atoms with Crippen LogP contribution in [0.25, 0.3) is 0 Å². The molecule has 0 spiro atoms. The predicted molar refractivity (Wildman–Crippen MR) is 67.9 cm³/mol. The third kappa shape index (κ3) is 3.09. The minimum Gasteiger partial charge on any atom is -0.383 e. The van der Waals surface area contributed by atoms with Crippen molar-refractivity contribution in [2.24, 2.45) is 11.7 Å². The zero-order valence-electron chi connectivity index (χ0n) is 11.0. The molecule has 0 saturated heterocycles. The van der Waals surface area contributed by atoms with Crippen LogP contribution in [0.1, 0.15) is 69.2 Å². The summed E-state index contributed by atoms with van der Waals surface area (Å²) in [7, 11) is 0. The highest BCUT2D eigenvalue weighted by Crippen LogP contribution is 2.36. The van der Waals surface area contributed by atoms with Gasteiger partial charge in [0.2, 0.25) is 0 Å². The van der Waals surface area contributed by atoms with E-state index in [1.54, 1.807) is 0 Å². The van der Waals surface area contributed by atoms with Crippen molar-refractivity contribution in [3.05, 3.63) is 11.7 Å². The van der Waals surface area contributed by atoms with Crippen molar-refractivity contribution in [2.45, 2.75) is 57.5 Å². The number of aromatic nitrogens is 2. The second-order valence-electron chi connectivity index (χ2n) is 5.21. The van der Waals surface area contributed by atoms with Crippen LogP contribution in [0.15, 0.2) is 4.52 Å². The van der Waals surface area contributed by atoms with Crippen LogP contribution in [-0.2, 0) is 0 Å². The molecule has 0 bridgehead atoms. The average molecular weight is 253 g/mol. The minimum atomic E-state index is -0.719. The molecule has 5 nitrogen and oxygen atoms in total. The topological polar surface area (TPSA) is 85.2 Å². The summed E-state index contributed by atoms with van der Waals surface area (Å²) in [5.74, 6) is 2.33. The number of aliphatic hydroxyl groups excluding tert-OH is 1. The van der Waals surface area contributed by atoms with Crippen LogP contribution in [0, 0.1) is 5.92 Å². The van der Waals surface area contributed by atoms with E-state index >= 15 is 0 Å². The van der Waals surface area contributed by atoms with E-state index in [-0.39, 0.29) is 0 Å². The summed E-state index contributed by atoms with van der Waals surface area (Å²) in [6.45, 7) is 2.67. The van der Waals surface area contributed by atoms with Crippen molar-refractivity contribution in [1.29, 1.82) is 0 Å². The number of aliphatic hydroxyl groups is 1. The van der Waals surface area contributed by atoms with Gasteiger partial charge in [-0.1, -0.05) is 18.5 Å². The highest BCUT2D eigenvalue weighted by molar-refractivity contribution is 4.99. The first-order valence-corrected chi connectivity index (χ1v) is 6.96.